The van der Waals surface area contributed by atoms with Crippen molar-refractivity contribution < 1.29 is 14.2 Å². The maximum atomic E-state index is 5.64. The molecule has 0 spiro atoms. The van der Waals surface area contributed by atoms with E-state index in [9.17, 15) is 0 Å². The van der Waals surface area contributed by atoms with Crippen LogP contribution in [-0.2, 0) is 14.2 Å². The van der Waals surface area contributed by atoms with Crippen LogP contribution in [0.15, 0.2) is 37.5 Å². The van der Waals surface area contributed by atoms with Gasteiger partial charge in [0.2, 0.25) is 0 Å². The Morgan fingerprint density at radius 3 is 2.69 bits per heavy atom. The summed E-state index contributed by atoms with van der Waals surface area (Å²) in [5.74, 6) is 0. The summed E-state index contributed by atoms with van der Waals surface area (Å²) in [4.78, 5) is 0. The Morgan fingerprint density at radius 2 is 2.06 bits per heavy atom. The lowest BCUT2D eigenvalue weighted by Crippen LogP contribution is -2.36. The molecule has 0 saturated heterocycles. The van der Waals surface area contributed by atoms with Gasteiger partial charge in [0.15, 0.2) is 6.29 Å². The van der Waals surface area contributed by atoms with Crippen LogP contribution in [0.2, 0.25) is 0 Å². The summed E-state index contributed by atoms with van der Waals surface area (Å²) in [6.07, 6.45) is 7.97. The van der Waals surface area contributed by atoms with Gasteiger partial charge in [-0.05, 0) is 19.4 Å². The average Bonchev–Trinajstić information content (AvgIpc) is 2.28. The summed E-state index contributed by atoms with van der Waals surface area (Å²) in [5, 5.41) is 0. The monoisotopic (exact) mass is 224 g/mol. The van der Waals surface area contributed by atoms with Crippen molar-refractivity contribution in [1.82, 2.24) is 0 Å². The van der Waals surface area contributed by atoms with Gasteiger partial charge in [-0.25, -0.2) is 0 Å². The van der Waals surface area contributed by atoms with Crippen molar-refractivity contribution in [2.75, 3.05) is 13.2 Å². The summed E-state index contributed by atoms with van der Waals surface area (Å²) in [6, 6.07) is 0. The van der Waals surface area contributed by atoms with Gasteiger partial charge in [-0.2, -0.15) is 0 Å². The van der Waals surface area contributed by atoms with Crippen molar-refractivity contribution in [3.8, 4) is 0 Å². The van der Waals surface area contributed by atoms with Gasteiger partial charge in [-0.1, -0.05) is 18.2 Å². The molecule has 1 rings (SSSR count). The van der Waals surface area contributed by atoms with Gasteiger partial charge in [-0.3, -0.25) is 0 Å². The van der Waals surface area contributed by atoms with E-state index in [2.05, 4.69) is 13.2 Å². The van der Waals surface area contributed by atoms with Crippen molar-refractivity contribution in [3.63, 3.8) is 0 Å². The molecule has 16 heavy (non-hydrogen) atoms. The van der Waals surface area contributed by atoms with Crippen LogP contribution in [0.1, 0.15) is 13.3 Å². The minimum absolute atomic E-state index is 0.00122. The second-order valence-electron chi connectivity index (χ2n) is 3.63. The molecule has 0 bridgehead atoms. The second kappa shape index (κ2) is 7.39. The first kappa shape index (κ1) is 13.2. The smallest absolute Gasteiger partial charge is 0.177 e. The maximum Gasteiger partial charge on any atom is 0.177 e. The zero-order chi connectivity index (χ0) is 11.8. The molecule has 0 saturated carbocycles. The molecule has 0 aromatic heterocycles. The standard InChI is InChI=1S/C13H20O3/c1-4-6-10-15-13-8-7-12(11(3)16-13)14-9-5-2/h4-5,7-8,11-13H,1-2,6,9-10H2,3H3/t11-,12-,13?/m0/s1. The molecule has 3 nitrogen and oxygen atoms in total. The van der Waals surface area contributed by atoms with Crippen LogP contribution in [0.4, 0.5) is 0 Å². The lowest BCUT2D eigenvalue weighted by atomic mass is 10.1. The molecule has 0 N–H and O–H groups in total. The molecule has 90 valence electrons. The maximum absolute atomic E-state index is 5.64. The third kappa shape index (κ3) is 4.31. The predicted molar refractivity (Wildman–Crippen MR) is 64.2 cm³/mol. The van der Waals surface area contributed by atoms with Crippen molar-refractivity contribution >= 4 is 0 Å². The number of hydrogen-bond acceptors (Lipinski definition) is 3. The number of rotatable bonds is 7. The normalized spacial score (nSPS) is 28.9. The van der Waals surface area contributed by atoms with E-state index in [1.54, 1.807) is 6.08 Å². The largest absolute Gasteiger partial charge is 0.367 e. The van der Waals surface area contributed by atoms with Crippen LogP contribution in [0, 0.1) is 0 Å². The van der Waals surface area contributed by atoms with Crippen LogP contribution in [0.3, 0.4) is 0 Å². The van der Waals surface area contributed by atoms with Crippen LogP contribution in [0.25, 0.3) is 0 Å². The summed E-state index contributed by atoms with van der Waals surface area (Å²) in [7, 11) is 0. The molecular formula is C13H20O3. The Bertz CT molecular complexity index is 248. The molecule has 1 heterocycles. The molecule has 0 aliphatic carbocycles. The molecule has 3 heteroatoms. The third-order valence-electron chi connectivity index (χ3n) is 2.28. The number of hydrogen-bond donors (Lipinski definition) is 0. The fourth-order valence-corrected chi connectivity index (χ4v) is 1.42. The predicted octanol–water partition coefficient (Wildman–Crippen LogP) is 2.45. The van der Waals surface area contributed by atoms with Crippen molar-refractivity contribution in [2.24, 2.45) is 0 Å². The van der Waals surface area contributed by atoms with Crippen molar-refractivity contribution in [2.45, 2.75) is 31.8 Å². The Balaban J connectivity index is 2.33. The molecular weight excluding hydrogens is 204 g/mol. The highest BCUT2D eigenvalue weighted by Gasteiger charge is 2.23. The third-order valence-corrected chi connectivity index (χ3v) is 2.28. The molecule has 0 aromatic carbocycles. The Hall–Kier alpha value is -0.900. The van der Waals surface area contributed by atoms with Crippen LogP contribution in [0.5, 0.6) is 0 Å². The molecule has 0 amide bonds. The van der Waals surface area contributed by atoms with Gasteiger partial charge in [0.1, 0.15) is 6.10 Å². The first-order chi connectivity index (χ1) is 7.77. The van der Waals surface area contributed by atoms with Crippen molar-refractivity contribution in [3.05, 3.63) is 37.5 Å². The first-order valence-electron chi connectivity index (χ1n) is 5.56. The molecule has 1 aliphatic rings. The van der Waals surface area contributed by atoms with Gasteiger partial charge >= 0.3 is 0 Å². The van der Waals surface area contributed by atoms with Crippen LogP contribution >= 0.6 is 0 Å². The topological polar surface area (TPSA) is 27.7 Å². The molecule has 0 radical (unpaired) electrons. The zero-order valence-corrected chi connectivity index (χ0v) is 9.80. The zero-order valence-electron chi connectivity index (χ0n) is 9.80. The van der Waals surface area contributed by atoms with Crippen LogP contribution in [-0.4, -0.2) is 31.7 Å². The van der Waals surface area contributed by atoms with E-state index in [1.165, 1.54) is 0 Å². The second-order valence-corrected chi connectivity index (χ2v) is 3.63. The van der Waals surface area contributed by atoms with E-state index in [0.29, 0.717) is 13.2 Å². The summed E-state index contributed by atoms with van der Waals surface area (Å²) in [5.41, 5.74) is 0. The minimum Gasteiger partial charge on any atom is -0.367 e. The summed E-state index contributed by atoms with van der Waals surface area (Å²) in [6.45, 7) is 10.4. The average molecular weight is 224 g/mol. The van der Waals surface area contributed by atoms with Crippen LogP contribution < -0.4 is 0 Å². The highest BCUT2D eigenvalue weighted by molar-refractivity contribution is 4.99. The first-order valence-corrected chi connectivity index (χ1v) is 5.56. The number of ether oxygens (including phenoxy) is 3. The lowest BCUT2D eigenvalue weighted by Gasteiger charge is -2.29. The Labute approximate surface area is 97.4 Å². The molecule has 0 fully saturated rings. The quantitative estimate of drug-likeness (QED) is 0.491. The molecule has 1 aliphatic heterocycles. The van der Waals surface area contributed by atoms with E-state index in [1.807, 2.05) is 25.2 Å². The SMILES string of the molecule is C=CCCOC1C=C[C@H](OCC=C)[C@H](C)O1. The van der Waals surface area contributed by atoms with E-state index >= 15 is 0 Å². The van der Waals surface area contributed by atoms with E-state index in [-0.39, 0.29) is 18.5 Å². The van der Waals surface area contributed by atoms with E-state index in [0.717, 1.165) is 6.42 Å². The van der Waals surface area contributed by atoms with Crippen molar-refractivity contribution in [1.29, 1.82) is 0 Å². The van der Waals surface area contributed by atoms with Gasteiger partial charge in [0.05, 0.1) is 19.3 Å². The Morgan fingerprint density at radius 1 is 1.25 bits per heavy atom. The van der Waals surface area contributed by atoms with E-state index < -0.39 is 0 Å². The summed E-state index contributed by atoms with van der Waals surface area (Å²) < 4.78 is 16.6. The molecule has 0 aromatic rings. The van der Waals surface area contributed by atoms with Gasteiger partial charge in [0.25, 0.3) is 0 Å². The fourth-order valence-electron chi connectivity index (χ4n) is 1.42. The Kier molecular flexibility index (Phi) is 6.08. The molecule has 3 atom stereocenters. The summed E-state index contributed by atoms with van der Waals surface area (Å²) >= 11 is 0. The lowest BCUT2D eigenvalue weighted by molar-refractivity contribution is -0.170. The van der Waals surface area contributed by atoms with Gasteiger partial charge < -0.3 is 14.2 Å². The van der Waals surface area contributed by atoms with Gasteiger partial charge in [0, 0.05) is 0 Å². The molecule has 1 unspecified atom stereocenters. The van der Waals surface area contributed by atoms with E-state index in [4.69, 9.17) is 14.2 Å². The van der Waals surface area contributed by atoms with Gasteiger partial charge in [-0.15, -0.1) is 13.2 Å². The highest BCUT2D eigenvalue weighted by atomic mass is 16.7. The fraction of sp³-hybridized carbons (Fsp3) is 0.538. The minimum atomic E-state index is -0.265. The highest BCUT2D eigenvalue weighted by Crippen LogP contribution is 2.16.